The van der Waals surface area contributed by atoms with Crippen LogP contribution in [0.1, 0.15) is 0 Å². The Morgan fingerprint density at radius 2 is 2.46 bits per heavy atom. The molecule has 1 aromatic rings. The van der Waals surface area contributed by atoms with E-state index in [4.69, 9.17) is 4.74 Å². The highest BCUT2D eigenvalue weighted by atomic mass is 127. The summed E-state index contributed by atoms with van der Waals surface area (Å²) in [7, 11) is 0. The molecule has 0 atom stereocenters. The highest BCUT2D eigenvalue weighted by molar-refractivity contribution is 14.1. The summed E-state index contributed by atoms with van der Waals surface area (Å²) in [6, 6.07) is 0. The molecule has 1 fully saturated rings. The van der Waals surface area contributed by atoms with Crippen molar-refractivity contribution in [2.24, 2.45) is 0 Å². The third kappa shape index (κ3) is 2.05. The molecule has 0 radical (unpaired) electrons. The molecule has 0 unspecified atom stereocenters. The molecule has 6 heteroatoms. The van der Waals surface area contributed by atoms with Crippen LogP contribution in [-0.4, -0.2) is 28.4 Å². The smallest absolute Gasteiger partial charge is 0.265 e. The predicted octanol–water partition coefficient (Wildman–Crippen LogP) is 0.865. The Balaban J connectivity index is 2.19. The number of ether oxygens (including phenoxy) is 1. The zero-order valence-corrected chi connectivity index (χ0v) is 9.59. The van der Waals surface area contributed by atoms with E-state index in [0.717, 1.165) is 18.2 Å². The molecule has 2 rings (SSSR count). The molecule has 2 heterocycles. The van der Waals surface area contributed by atoms with Crippen molar-refractivity contribution in [1.82, 2.24) is 9.97 Å². The number of H-pyrrole nitrogens is 1. The van der Waals surface area contributed by atoms with Crippen LogP contribution in [0.3, 0.4) is 0 Å². The lowest BCUT2D eigenvalue weighted by Crippen LogP contribution is -2.30. The molecule has 1 aliphatic rings. The third-order valence-corrected chi connectivity index (χ3v) is 4.16. The number of aromatic amines is 1. The van der Waals surface area contributed by atoms with E-state index in [2.05, 4.69) is 9.97 Å². The number of halogens is 1. The number of thioether (sulfide) groups is 1. The summed E-state index contributed by atoms with van der Waals surface area (Å²) >= 11 is 3.62. The largest absolute Gasteiger partial charge is 0.379 e. The predicted molar refractivity (Wildman–Crippen MR) is 58.0 cm³/mol. The van der Waals surface area contributed by atoms with Gasteiger partial charge in [0.25, 0.3) is 5.56 Å². The zero-order chi connectivity index (χ0) is 9.26. The van der Waals surface area contributed by atoms with Gasteiger partial charge in [-0.1, -0.05) is 11.8 Å². The minimum atomic E-state index is -0.0710. The van der Waals surface area contributed by atoms with Crippen LogP contribution in [-0.2, 0) is 4.74 Å². The van der Waals surface area contributed by atoms with Crippen LogP contribution in [0.5, 0.6) is 0 Å². The van der Waals surface area contributed by atoms with E-state index in [9.17, 15) is 4.79 Å². The van der Waals surface area contributed by atoms with Crippen molar-refractivity contribution in [2.45, 2.75) is 10.3 Å². The van der Waals surface area contributed by atoms with E-state index in [1.54, 1.807) is 11.8 Å². The number of hydrogen-bond donors (Lipinski definition) is 1. The average molecular weight is 310 g/mol. The Bertz CT molecular complexity index is 364. The fourth-order valence-electron chi connectivity index (χ4n) is 0.889. The second-order valence-electron chi connectivity index (χ2n) is 2.63. The van der Waals surface area contributed by atoms with Gasteiger partial charge in [-0.15, -0.1) is 0 Å². The molecular formula is C7H7IN2O2S. The van der Waals surface area contributed by atoms with Crippen molar-refractivity contribution in [3.63, 3.8) is 0 Å². The summed E-state index contributed by atoms with van der Waals surface area (Å²) in [6.45, 7) is 1.52. The van der Waals surface area contributed by atoms with E-state index < -0.39 is 0 Å². The van der Waals surface area contributed by atoms with Crippen molar-refractivity contribution in [2.75, 3.05) is 13.2 Å². The van der Waals surface area contributed by atoms with Crippen LogP contribution in [0.25, 0.3) is 0 Å². The summed E-state index contributed by atoms with van der Waals surface area (Å²) < 4.78 is 5.70. The second kappa shape index (κ2) is 3.97. The molecule has 0 saturated carbocycles. The van der Waals surface area contributed by atoms with Crippen molar-refractivity contribution >= 4 is 34.4 Å². The topological polar surface area (TPSA) is 55.0 Å². The fraction of sp³-hybridized carbons (Fsp3) is 0.429. The summed E-state index contributed by atoms with van der Waals surface area (Å²) in [5.74, 6) is 0. The Labute approximate surface area is 92.6 Å². The minimum absolute atomic E-state index is 0.0710. The SMILES string of the molecule is O=c1[nH]cnc(SC2COC2)c1I. The third-order valence-electron chi connectivity index (χ3n) is 1.65. The van der Waals surface area contributed by atoms with Gasteiger partial charge in [-0.3, -0.25) is 4.79 Å². The summed E-state index contributed by atoms with van der Waals surface area (Å²) in [4.78, 5) is 17.8. The lowest BCUT2D eigenvalue weighted by Gasteiger charge is -2.24. The van der Waals surface area contributed by atoms with Crippen LogP contribution < -0.4 is 5.56 Å². The summed E-state index contributed by atoms with van der Waals surface area (Å²) in [6.07, 6.45) is 1.44. The fourth-order valence-corrected chi connectivity index (χ4v) is 2.52. The van der Waals surface area contributed by atoms with Gasteiger partial charge in [0.05, 0.1) is 24.8 Å². The van der Waals surface area contributed by atoms with E-state index in [-0.39, 0.29) is 5.56 Å². The minimum Gasteiger partial charge on any atom is -0.379 e. The lowest BCUT2D eigenvalue weighted by molar-refractivity contribution is 0.0454. The molecule has 0 aromatic carbocycles. The molecule has 4 nitrogen and oxygen atoms in total. The molecule has 0 aliphatic carbocycles. The molecular weight excluding hydrogens is 303 g/mol. The van der Waals surface area contributed by atoms with Gasteiger partial charge in [-0.25, -0.2) is 4.98 Å². The second-order valence-corrected chi connectivity index (χ2v) is 5.00. The molecule has 1 aromatic heterocycles. The van der Waals surface area contributed by atoms with Gasteiger partial charge in [0, 0.05) is 0 Å². The highest BCUT2D eigenvalue weighted by Gasteiger charge is 2.21. The van der Waals surface area contributed by atoms with Gasteiger partial charge in [0.2, 0.25) is 0 Å². The molecule has 1 N–H and O–H groups in total. The van der Waals surface area contributed by atoms with Crippen LogP contribution >= 0.6 is 34.4 Å². The van der Waals surface area contributed by atoms with Gasteiger partial charge in [-0.05, 0) is 22.6 Å². The molecule has 1 aliphatic heterocycles. The Hall–Kier alpha value is -0.0800. The summed E-state index contributed by atoms with van der Waals surface area (Å²) in [5.41, 5.74) is -0.0710. The molecule has 1 saturated heterocycles. The maximum atomic E-state index is 11.2. The lowest BCUT2D eigenvalue weighted by atomic mass is 10.4. The van der Waals surface area contributed by atoms with Gasteiger partial charge < -0.3 is 9.72 Å². The average Bonchev–Trinajstić information content (AvgIpc) is 2.04. The van der Waals surface area contributed by atoms with Crippen molar-refractivity contribution < 1.29 is 4.74 Å². The Kier molecular flexibility index (Phi) is 2.89. The van der Waals surface area contributed by atoms with Crippen LogP contribution in [0.2, 0.25) is 0 Å². The monoisotopic (exact) mass is 310 g/mol. The first-order valence-corrected chi connectivity index (χ1v) is 5.71. The first-order valence-electron chi connectivity index (χ1n) is 3.75. The molecule has 0 amide bonds. The van der Waals surface area contributed by atoms with E-state index in [1.807, 2.05) is 22.6 Å². The van der Waals surface area contributed by atoms with Crippen LogP contribution in [0.4, 0.5) is 0 Å². The van der Waals surface area contributed by atoms with E-state index in [0.29, 0.717) is 8.82 Å². The molecule has 0 spiro atoms. The number of aromatic nitrogens is 2. The molecule has 0 bridgehead atoms. The highest BCUT2D eigenvalue weighted by Crippen LogP contribution is 2.27. The number of nitrogens with zero attached hydrogens (tertiary/aromatic N) is 1. The van der Waals surface area contributed by atoms with E-state index >= 15 is 0 Å². The van der Waals surface area contributed by atoms with Gasteiger partial charge in [-0.2, -0.15) is 0 Å². The number of nitrogens with one attached hydrogen (secondary N) is 1. The quantitative estimate of drug-likeness (QED) is 0.650. The molecule has 70 valence electrons. The van der Waals surface area contributed by atoms with Gasteiger partial charge in [0.15, 0.2) is 0 Å². The first-order chi connectivity index (χ1) is 6.27. The maximum Gasteiger partial charge on any atom is 0.265 e. The van der Waals surface area contributed by atoms with Crippen molar-refractivity contribution in [3.8, 4) is 0 Å². The maximum absolute atomic E-state index is 11.2. The van der Waals surface area contributed by atoms with Crippen molar-refractivity contribution in [1.29, 1.82) is 0 Å². The van der Waals surface area contributed by atoms with Crippen LogP contribution in [0, 0.1) is 3.57 Å². The Morgan fingerprint density at radius 3 is 3.08 bits per heavy atom. The number of hydrogen-bond acceptors (Lipinski definition) is 4. The van der Waals surface area contributed by atoms with Gasteiger partial charge >= 0.3 is 0 Å². The van der Waals surface area contributed by atoms with Crippen LogP contribution in [0.15, 0.2) is 16.1 Å². The van der Waals surface area contributed by atoms with Crippen molar-refractivity contribution in [3.05, 3.63) is 20.3 Å². The molecule has 13 heavy (non-hydrogen) atoms. The van der Waals surface area contributed by atoms with E-state index in [1.165, 1.54) is 6.33 Å². The number of rotatable bonds is 2. The normalized spacial score (nSPS) is 17.0. The summed E-state index contributed by atoms with van der Waals surface area (Å²) in [5, 5.41) is 1.26. The first kappa shape index (κ1) is 9.47. The zero-order valence-electron chi connectivity index (χ0n) is 6.62. The Morgan fingerprint density at radius 1 is 1.69 bits per heavy atom. The standard InChI is InChI=1S/C7H7IN2O2S/c8-5-6(11)9-3-10-7(5)13-4-1-12-2-4/h3-4H,1-2H2,(H,9,10,11). The van der Waals surface area contributed by atoms with Gasteiger partial charge in [0.1, 0.15) is 8.60 Å².